The molecule has 0 heterocycles. The van der Waals surface area contributed by atoms with Crippen molar-refractivity contribution in [2.24, 2.45) is 0 Å². The van der Waals surface area contributed by atoms with E-state index in [1.54, 1.807) is 12.1 Å². The summed E-state index contributed by atoms with van der Waals surface area (Å²) in [5, 5.41) is 14.1. The highest BCUT2D eigenvalue weighted by Gasteiger charge is 2.40. The predicted octanol–water partition coefficient (Wildman–Crippen LogP) is 2.84. The Labute approximate surface area is 130 Å². The van der Waals surface area contributed by atoms with E-state index in [0.29, 0.717) is 10.6 Å². The summed E-state index contributed by atoms with van der Waals surface area (Å²) in [7, 11) is 1.41. The molecule has 0 amide bonds. The van der Waals surface area contributed by atoms with Gasteiger partial charge < -0.3 is 9.84 Å². The summed E-state index contributed by atoms with van der Waals surface area (Å²) in [6.07, 6.45) is 3.86. The molecule has 1 atom stereocenters. The molecular weight excluding hydrogens is 290 g/mol. The third-order valence-electron chi connectivity index (χ3n) is 4.18. The highest BCUT2D eigenvalue weighted by atomic mass is 35.5. The van der Waals surface area contributed by atoms with E-state index in [4.69, 9.17) is 16.3 Å². The molecule has 0 bridgehead atoms. The molecule has 1 aromatic carbocycles. The third kappa shape index (κ3) is 3.76. The number of hydrogen-bond donors (Lipinski definition) is 2. The lowest BCUT2D eigenvalue weighted by Crippen LogP contribution is -2.55. The van der Waals surface area contributed by atoms with Gasteiger partial charge in [0.25, 0.3) is 0 Å². The first kappa shape index (κ1) is 16.3. The van der Waals surface area contributed by atoms with E-state index in [0.717, 1.165) is 32.1 Å². The van der Waals surface area contributed by atoms with Crippen molar-refractivity contribution in [3.05, 3.63) is 34.9 Å². The molecule has 4 nitrogen and oxygen atoms in total. The van der Waals surface area contributed by atoms with Gasteiger partial charge in [0.05, 0.1) is 13.2 Å². The van der Waals surface area contributed by atoms with Crippen molar-refractivity contribution in [3.63, 3.8) is 0 Å². The lowest BCUT2D eigenvalue weighted by Gasteiger charge is -2.36. The van der Waals surface area contributed by atoms with E-state index in [2.05, 4.69) is 5.32 Å². The first-order valence-corrected chi connectivity index (χ1v) is 7.73. The zero-order valence-corrected chi connectivity index (χ0v) is 13.0. The number of carbonyl (C=O) groups is 1. The smallest absolute Gasteiger partial charge is 0.326 e. The van der Waals surface area contributed by atoms with Crippen LogP contribution in [0.2, 0.25) is 5.02 Å². The van der Waals surface area contributed by atoms with Gasteiger partial charge in [-0.15, -0.1) is 0 Å². The minimum atomic E-state index is -0.748. The van der Waals surface area contributed by atoms with Crippen LogP contribution in [0.5, 0.6) is 0 Å². The van der Waals surface area contributed by atoms with E-state index in [1.807, 2.05) is 12.1 Å². The Morgan fingerprint density at radius 2 is 2.05 bits per heavy atom. The molecule has 1 fully saturated rings. The predicted molar refractivity (Wildman–Crippen MR) is 82.2 cm³/mol. The van der Waals surface area contributed by atoms with Gasteiger partial charge in [0, 0.05) is 17.1 Å². The average Bonchev–Trinajstić information content (AvgIpc) is 2.53. The summed E-state index contributed by atoms with van der Waals surface area (Å²) in [6.45, 7) is 0.277. The van der Waals surface area contributed by atoms with Crippen molar-refractivity contribution in [2.45, 2.75) is 43.7 Å². The van der Waals surface area contributed by atoms with Gasteiger partial charge in [-0.2, -0.15) is 0 Å². The number of ether oxygens (including phenoxy) is 1. The number of carbonyl (C=O) groups excluding carboxylic acids is 1. The summed E-state index contributed by atoms with van der Waals surface area (Å²) in [6, 6.07) is 7.20. The molecule has 5 heteroatoms. The van der Waals surface area contributed by atoms with Crippen LogP contribution >= 0.6 is 11.6 Å². The fourth-order valence-corrected chi connectivity index (χ4v) is 3.21. The zero-order chi connectivity index (χ0) is 15.3. The summed E-state index contributed by atoms with van der Waals surface area (Å²) >= 11 is 6.09. The Hall–Kier alpha value is -1.10. The van der Waals surface area contributed by atoms with Crippen LogP contribution in [0.15, 0.2) is 24.3 Å². The van der Waals surface area contributed by atoms with Crippen LogP contribution in [0.1, 0.15) is 43.8 Å². The zero-order valence-electron chi connectivity index (χ0n) is 12.3. The van der Waals surface area contributed by atoms with Gasteiger partial charge in [-0.05, 0) is 18.9 Å². The Morgan fingerprint density at radius 3 is 2.67 bits per heavy atom. The fourth-order valence-electron chi connectivity index (χ4n) is 2.95. The number of halogens is 1. The summed E-state index contributed by atoms with van der Waals surface area (Å²) in [4.78, 5) is 12.1. The van der Waals surface area contributed by atoms with Crippen molar-refractivity contribution in [3.8, 4) is 0 Å². The van der Waals surface area contributed by atoms with Crippen molar-refractivity contribution in [2.75, 3.05) is 13.7 Å². The number of β-amino-alcohol motifs (C(OH)–C–C–N with tert-alkyl or cyclic N) is 1. The fraction of sp³-hybridized carbons (Fsp3) is 0.562. The number of aliphatic hydroxyl groups is 1. The van der Waals surface area contributed by atoms with Gasteiger partial charge in [-0.3, -0.25) is 10.1 Å². The monoisotopic (exact) mass is 311 g/mol. The molecule has 1 unspecified atom stereocenters. The summed E-state index contributed by atoms with van der Waals surface area (Å²) in [5.74, 6) is -0.242. The number of hydrogen-bond acceptors (Lipinski definition) is 4. The first-order valence-electron chi connectivity index (χ1n) is 7.35. The van der Waals surface area contributed by atoms with E-state index in [-0.39, 0.29) is 12.5 Å². The van der Waals surface area contributed by atoms with Gasteiger partial charge in [0.15, 0.2) is 0 Å². The number of aliphatic hydroxyl groups excluding tert-OH is 1. The lowest BCUT2D eigenvalue weighted by molar-refractivity contribution is -0.150. The maximum absolute atomic E-state index is 12.1. The average molecular weight is 312 g/mol. The van der Waals surface area contributed by atoms with Gasteiger partial charge in [-0.25, -0.2) is 0 Å². The molecule has 21 heavy (non-hydrogen) atoms. The standard InChI is InChI=1S/C16H22ClNO3/c1-21-15(20)16(9-5-2-6-10-16)18-11-14(19)12-7-3-4-8-13(12)17/h3-4,7-8,14,18-19H,2,5-6,9-11H2,1H3. The van der Waals surface area contributed by atoms with Crippen molar-refractivity contribution in [1.82, 2.24) is 5.32 Å². The van der Waals surface area contributed by atoms with E-state index < -0.39 is 11.6 Å². The Balaban J connectivity index is 2.05. The Bertz CT molecular complexity index is 486. The highest BCUT2D eigenvalue weighted by molar-refractivity contribution is 6.31. The minimum Gasteiger partial charge on any atom is -0.468 e. The largest absolute Gasteiger partial charge is 0.468 e. The van der Waals surface area contributed by atoms with Crippen LogP contribution in [0, 0.1) is 0 Å². The molecule has 2 rings (SSSR count). The van der Waals surface area contributed by atoms with Gasteiger partial charge in [0.1, 0.15) is 5.54 Å². The van der Waals surface area contributed by atoms with Crippen molar-refractivity contribution in [1.29, 1.82) is 0 Å². The molecule has 0 saturated heterocycles. The van der Waals surface area contributed by atoms with E-state index in [9.17, 15) is 9.90 Å². The Kier molecular flexibility index (Phi) is 5.62. The number of esters is 1. The second-order valence-corrected chi connectivity index (χ2v) is 5.96. The molecule has 1 aliphatic rings. The number of methoxy groups -OCH3 is 1. The van der Waals surface area contributed by atoms with Crippen LogP contribution in [0.3, 0.4) is 0 Å². The van der Waals surface area contributed by atoms with Crippen LogP contribution in [0.4, 0.5) is 0 Å². The molecule has 0 aromatic heterocycles. The minimum absolute atomic E-state index is 0.242. The highest BCUT2D eigenvalue weighted by Crippen LogP contribution is 2.30. The van der Waals surface area contributed by atoms with Gasteiger partial charge in [0.2, 0.25) is 0 Å². The summed E-state index contributed by atoms with van der Waals surface area (Å²) in [5.41, 5.74) is -0.00242. The molecule has 0 spiro atoms. The van der Waals surface area contributed by atoms with E-state index in [1.165, 1.54) is 7.11 Å². The number of nitrogens with one attached hydrogen (secondary N) is 1. The molecule has 1 saturated carbocycles. The Morgan fingerprint density at radius 1 is 1.38 bits per heavy atom. The second-order valence-electron chi connectivity index (χ2n) is 5.55. The topological polar surface area (TPSA) is 58.6 Å². The number of rotatable bonds is 5. The molecule has 1 aliphatic carbocycles. The maximum atomic E-state index is 12.1. The van der Waals surface area contributed by atoms with Crippen LogP contribution in [-0.2, 0) is 9.53 Å². The van der Waals surface area contributed by atoms with Crippen LogP contribution in [-0.4, -0.2) is 30.3 Å². The van der Waals surface area contributed by atoms with Gasteiger partial charge >= 0.3 is 5.97 Å². The third-order valence-corrected chi connectivity index (χ3v) is 4.53. The van der Waals surface area contributed by atoms with Gasteiger partial charge in [-0.1, -0.05) is 49.1 Å². The summed E-state index contributed by atoms with van der Waals surface area (Å²) < 4.78 is 4.95. The quantitative estimate of drug-likeness (QED) is 0.821. The molecular formula is C16H22ClNO3. The normalized spacial score (nSPS) is 19.0. The lowest BCUT2D eigenvalue weighted by atomic mass is 9.81. The van der Waals surface area contributed by atoms with Crippen LogP contribution < -0.4 is 5.32 Å². The van der Waals surface area contributed by atoms with Crippen molar-refractivity contribution < 1.29 is 14.6 Å². The molecule has 2 N–H and O–H groups in total. The second kappa shape index (κ2) is 7.25. The molecule has 0 radical (unpaired) electrons. The molecule has 1 aromatic rings. The SMILES string of the molecule is COC(=O)C1(NCC(O)c2ccccc2Cl)CCCCC1. The molecule has 116 valence electrons. The van der Waals surface area contributed by atoms with Crippen LogP contribution in [0.25, 0.3) is 0 Å². The number of benzene rings is 1. The van der Waals surface area contributed by atoms with E-state index >= 15 is 0 Å². The van der Waals surface area contributed by atoms with Crippen molar-refractivity contribution >= 4 is 17.6 Å². The molecule has 0 aliphatic heterocycles. The first-order chi connectivity index (χ1) is 10.1. The maximum Gasteiger partial charge on any atom is 0.326 e.